The van der Waals surface area contributed by atoms with Crippen molar-refractivity contribution in [2.45, 2.75) is 13.5 Å². The first kappa shape index (κ1) is 17.8. The zero-order chi connectivity index (χ0) is 17.9. The molecule has 2 rings (SSSR count). The number of hydroxylamine groups is 2. The van der Waals surface area contributed by atoms with Crippen molar-refractivity contribution in [1.29, 1.82) is 5.26 Å². The molecule has 0 saturated heterocycles. The summed E-state index contributed by atoms with van der Waals surface area (Å²) in [6.45, 7) is -1.34. The summed E-state index contributed by atoms with van der Waals surface area (Å²) in [6.07, 6.45) is 0. The summed E-state index contributed by atoms with van der Waals surface area (Å²) in [5.41, 5.74) is 0.998. The lowest BCUT2D eigenvalue weighted by Crippen LogP contribution is -2.25. The molecule has 0 N–H and O–H groups in total. The van der Waals surface area contributed by atoms with Crippen LogP contribution in [0.5, 0.6) is 5.75 Å². The van der Waals surface area contributed by atoms with Crippen molar-refractivity contribution < 1.29 is 23.1 Å². The maximum Gasteiger partial charge on any atom is 0.387 e. The SMILES string of the molecule is CON(C)C(=O)c1sc(-c2ccc(OC(F)F)c(C#N)c2)nc1C. The number of alkyl halides is 2. The molecule has 0 unspecified atom stereocenters. The van der Waals surface area contributed by atoms with Crippen LogP contribution in [0.2, 0.25) is 0 Å². The van der Waals surface area contributed by atoms with E-state index >= 15 is 0 Å². The molecule has 0 radical (unpaired) electrons. The zero-order valence-electron chi connectivity index (χ0n) is 13.0. The maximum atomic E-state index is 12.3. The number of rotatable bonds is 5. The van der Waals surface area contributed by atoms with Crippen LogP contribution in [0.4, 0.5) is 8.78 Å². The van der Waals surface area contributed by atoms with Gasteiger partial charge in [-0.15, -0.1) is 11.3 Å². The third kappa shape index (κ3) is 3.67. The lowest BCUT2D eigenvalue weighted by molar-refractivity contribution is -0.0754. The molecule has 1 amide bonds. The van der Waals surface area contributed by atoms with Crippen LogP contribution in [0.3, 0.4) is 0 Å². The lowest BCUT2D eigenvalue weighted by atomic mass is 10.1. The highest BCUT2D eigenvalue weighted by molar-refractivity contribution is 7.17. The highest BCUT2D eigenvalue weighted by Gasteiger charge is 2.20. The molecule has 2 aromatic rings. The predicted molar refractivity (Wildman–Crippen MR) is 82.7 cm³/mol. The first-order chi connectivity index (χ1) is 11.4. The van der Waals surface area contributed by atoms with Crippen LogP contribution in [0, 0.1) is 18.3 Å². The van der Waals surface area contributed by atoms with E-state index in [1.54, 1.807) is 13.0 Å². The van der Waals surface area contributed by atoms with Crippen LogP contribution in [0.1, 0.15) is 20.9 Å². The fourth-order valence-electron chi connectivity index (χ4n) is 1.89. The van der Waals surface area contributed by atoms with Crippen LogP contribution in [-0.4, -0.2) is 36.7 Å². The number of thiazole rings is 1. The van der Waals surface area contributed by atoms with Crippen molar-refractivity contribution >= 4 is 17.2 Å². The quantitative estimate of drug-likeness (QED) is 0.772. The van der Waals surface area contributed by atoms with E-state index in [9.17, 15) is 13.6 Å². The summed E-state index contributed by atoms with van der Waals surface area (Å²) < 4.78 is 28.9. The molecule has 0 atom stereocenters. The summed E-state index contributed by atoms with van der Waals surface area (Å²) in [7, 11) is 2.85. The Balaban J connectivity index is 2.40. The number of carbonyl (C=O) groups is 1. The molecule has 0 aliphatic carbocycles. The number of amides is 1. The fraction of sp³-hybridized carbons (Fsp3) is 0.267. The number of nitrogens with zero attached hydrogens (tertiary/aromatic N) is 3. The Morgan fingerprint density at radius 2 is 2.17 bits per heavy atom. The minimum Gasteiger partial charge on any atom is -0.433 e. The predicted octanol–water partition coefficient (Wildman–Crippen LogP) is 3.23. The molecule has 24 heavy (non-hydrogen) atoms. The molecule has 0 bridgehead atoms. The number of aryl methyl sites for hydroxylation is 1. The van der Waals surface area contributed by atoms with E-state index in [2.05, 4.69) is 9.72 Å². The van der Waals surface area contributed by atoms with E-state index in [1.165, 1.54) is 32.4 Å². The molecule has 9 heteroatoms. The molecule has 1 aromatic heterocycles. The Labute approximate surface area is 140 Å². The van der Waals surface area contributed by atoms with Gasteiger partial charge in [-0.25, -0.2) is 10.0 Å². The number of benzene rings is 1. The Hall–Kier alpha value is -2.57. The Morgan fingerprint density at radius 3 is 2.75 bits per heavy atom. The third-order valence-electron chi connectivity index (χ3n) is 3.11. The second-order valence-corrected chi connectivity index (χ2v) is 5.62. The number of nitriles is 1. The van der Waals surface area contributed by atoms with Gasteiger partial charge in [0.25, 0.3) is 5.91 Å². The summed E-state index contributed by atoms with van der Waals surface area (Å²) >= 11 is 1.12. The molecule has 0 spiro atoms. The van der Waals surface area contributed by atoms with Gasteiger partial charge in [-0.05, 0) is 25.1 Å². The van der Waals surface area contributed by atoms with E-state index in [4.69, 9.17) is 10.1 Å². The van der Waals surface area contributed by atoms with Gasteiger partial charge < -0.3 is 4.74 Å². The molecule has 1 heterocycles. The topological polar surface area (TPSA) is 75.4 Å². The van der Waals surface area contributed by atoms with Crippen molar-refractivity contribution in [2.24, 2.45) is 0 Å². The monoisotopic (exact) mass is 353 g/mol. The van der Waals surface area contributed by atoms with Crippen LogP contribution in [0.25, 0.3) is 10.6 Å². The second-order valence-electron chi connectivity index (χ2n) is 4.62. The van der Waals surface area contributed by atoms with Gasteiger partial charge in [-0.2, -0.15) is 14.0 Å². The summed E-state index contributed by atoms with van der Waals surface area (Å²) in [5, 5.41) is 10.6. The van der Waals surface area contributed by atoms with Crippen molar-refractivity contribution in [2.75, 3.05) is 14.2 Å². The van der Waals surface area contributed by atoms with Gasteiger partial charge in [-0.1, -0.05) is 0 Å². The minimum absolute atomic E-state index is 0.0393. The number of ether oxygens (including phenoxy) is 1. The standard InChI is InChI=1S/C15H13F2N3O3S/c1-8-12(14(21)20(2)22-3)24-13(19-8)9-4-5-11(23-15(16)17)10(6-9)7-18/h4-6,15H,1-3H3. The molecule has 1 aromatic carbocycles. The van der Waals surface area contributed by atoms with Crippen LogP contribution < -0.4 is 4.74 Å². The van der Waals surface area contributed by atoms with Crippen LogP contribution in [-0.2, 0) is 4.84 Å². The first-order valence-corrected chi connectivity index (χ1v) is 7.48. The molecular formula is C15H13F2N3O3S. The summed E-state index contributed by atoms with van der Waals surface area (Å²) in [6, 6.07) is 5.98. The molecule has 0 aliphatic heterocycles. The zero-order valence-corrected chi connectivity index (χ0v) is 13.9. The van der Waals surface area contributed by atoms with Crippen LogP contribution >= 0.6 is 11.3 Å². The number of halogens is 2. The van der Waals surface area contributed by atoms with Crippen molar-refractivity contribution in [1.82, 2.24) is 10.0 Å². The molecule has 126 valence electrons. The highest BCUT2D eigenvalue weighted by Crippen LogP contribution is 2.32. The molecule has 6 nitrogen and oxygen atoms in total. The average Bonchev–Trinajstić information content (AvgIpc) is 2.95. The van der Waals surface area contributed by atoms with Crippen LogP contribution in [0.15, 0.2) is 18.2 Å². The van der Waals surface area contributed by atoms with E-state index in [0.29, 0.717) is 21.1 Å². The Kier molecular flexibility index (Phi) is 5.43. The largest absolute Gasteiger partial charge is 0.433 e. The first-order valence-electron chi connectivity index (χ1n) is 6.66. The normalized spacial score (nSPS) is 10.5. The van der Waals surface area contributed by atoms with E-state index in [-0.39, 0.29) is 17.2 Å². The van der Waals surface area contributed by atoms with Gasteiger partial charge in [0.15, 0.2) is 0 Å². The second kappa shape index (κ2) is 7.33. The average molecular weight is 353 g/mol. The summed E-state index contributed by atoms with van der Waals surface area (Å²) in [4.78, 5) is 21.7. The number of hydrogen-bond acceptors (Lipinski definition) is 6. The van der Waals surface area contributed by atoms with Gasteiger partial charge in [0.2, 0.25) is 0 Å². The minimum atomic E-state index is -3.01. The van der Waals surface area contributed by atoms with Crippen molar-refractivity contribution in [3.05, 3.63) is 34.3 Å². The lowest BCUT2D eigenvalue weighted by Gasteiger charge is -2.12. The van der Waals surface area contributed by atoms with E-state index < -0.39 is 6.61 Å². The fourth-order valence-corrected chi connectivity index (χ4v) is 2.92. The Bertz CT molecular complexity index is 802. The van der Waals surface area contributed by atoms with Gasteiger partial charge >= 0.3 is 6.61 Å². The van der Waals surface area contributed by atoms with E-state index in [0.717, 1.165) is 16.4 Å². The van der Waals surface area contributed by atoms with Gasteiger partial charge in [-0.3, -0.25) is 9.63 Å². The number of aromatic nitrogens is 1. The third-order valence-corrected chi connectivity index (χ3v) is 4.31. The van der Waals surface area contributed by atoms with Gasteiger partial charge in [0.1, 0.15) is 21.7 Å². The van der Waals surface area contributed by atoms with E-state index in [1.807, 2.05) is 0 Å². The number of carbonyl (C=O) groups excluding carboxylic acids is 1. The van der Waals surface area contributed by atoms with Gasteiger partial charge in [0, 0.05) is 12.6 Å². The molecule has 0 fully saturated rings. The maximum absolute atomic E-state index is 12.3. The summed E-state index contributed by atoms with van der Waals surface area (Å²) in [5.74, 6) is -0.558. The molecule has 0 aliphatic rings. The van der Waals surface area contributed by atoms with Gasteiger partial charge in [0.05, 0.1) is 18.4 Å². The smallest absolute Gasteiger partial charge is 0.387 e. The highest BCUT2D eigenvalue weighted by atomic mass is 32.1. The van der Waals surface area contributed by atoms with Crippen molar-refractivity contribution in [3.8, 4) is 22.4 Å². The molecule has 0 saturated carbocycles. The molecular weight excluding hydrogens is 340 g/mol. The number of hydrogen-bond donors (Lipinski definition) is 0. The van der Waals surface area contributed by atoms with Crippen molar-refractivity contribution in [3.63, 3.8) is 0 Å². The Morgan fingerprint density at radius 1 is 1.46 bits per heavy atom.